The first kappa shape index (κ1) is 12.6. The summed E-state index contributed by atoms with van der Waals surface area (Å²) in [6, 6.07) is 1.73. The molecular weight excluding hydrogens is 357 g/mol. The third-order valence-electron chi connectivity index (χ3n) is 2.37. The zero-order valence-electron chi connectivity index (χ0n) is 8.56. The molecule has 1 atom stereocenters. The van der Waals surface area contributed by atoms with E-state index in [9.17, 15) is 4.79 Å². The van der Waals surface area contributed by atoms with E-state index >= 15 is 0 Å². The van der Waals surface area contributed by atoms with Gasteiger partial charge in [-0.1, -0.05) is 0 Å². The van der Waals surface area contributed by atoms with E-state index in [1.165, 1.54) is 11.5 Å². The minimum absolute atomic E-state index is 0.403. The molecule has 6 heteroatoms. The molecule has 3 nitrogen and oxygen atoms in total. The monoisotopic (exact) mass is 369 g/mol. The number of halogens is 1. The number of rotatable bonds is 3. The summed E-state index contributed by atoms with van der Waals surface area (Å²) < 4.78 is 2.86. The summed E-state index contributed by atoms with van der Waals surface area (Å²) in [4.78, 5) is 11.0. The Bertz CT molecular complexity index is 388. The molecule has 2 rings (SSSR count). The Morgan fingerprint density at radius 1 is 1.62 bits per heavy atom. The largest absolute Gasteiger partial charge is 0.477 e. The minimum Gasteiger partial charge on any atom is -0.477 e. The maximum absolute atomic E-state index is 11.0. The smallest absolute Gasteiger partial charge is 0.352 e. The van der Waals surface area contributed by atoms with Crippen molar-refractivity contribution in [2.45, 2.75) is 11.8 Å². The molecule has 0 amide bonds. The quantitative estimate of drug-likeness (QED) is 0.832. The van der Waals surface area contributed by atoms with Crippen LogP contribution in [0.2, 0.25) is 0 Å². The van der Waals surface area contributed by atoms with E-state index in [1.807, 2.05) is 34.3 Å². The first-order chi connectivity index (χ1) is 7.66. The van der Waals surface area contributed by atoms with Gasteiger partial charge >= 0.3 is 5.97 Å². The molecule has 1 fully saturated rings. The molecule has 1 aliphatic rings. The van der Waals surface area contributed by atoms with E-state index in [4.69, 9.17) is 5.11 Å². The van der Waals surface area contributed by atoms with Gasteiger partial charge in [0.1, 0.15) is 5.69 Å². The van der Waals surface area contributed by atoms with Crippen LogP contribution in [-0.4, -0.2) is 38.2 Å². The highest BCUT2D eigenvalue weighted by atomic mass is 127. The number of aromatic carboxylic acids is 1. The van der Waals surface area contributed by atoms with Gasteiger partial charge in [0.2, 0.25) is 0 Å². The van der Waals surface area contributed by atoms with Crippen molar-refractivity contribution in [3.63, 3.8) is 0 Å². The Hall–Kier alpha value is 0.180. The maximum atomic E-state index is 11.0. The Morgan fingerprint density at radius 3 is 3.06 bits per heavy atom. The molecule has 0 radical (unpaired) electrons. The fourth-order valence-electron chi connectivity index (χ4n) is 1.67. The third kappa shape index (κ3) is 3.10. The topological polar surface area (TPSA) is 42.2 Å². The van der Waals surface area contributed by atoms with Crippen LogP contribution in [-0.2, 0) is 6.54 Å². The lowest BCUT2D eigenvalue weighted by Gasteiger charge is -2.21. The van der Waals surface area contributed by atoms with E-state index in [2.05, 4.69) is 22.6 Å². The normalized spacial score (nSPS) is 20.9. The van der Waals surface area contributed by atoms with Gasteiger partial charge in [-0.25, -0.2) is 4.79 Å². The van der Waals surface area contributed by atoms with Crippen molar-refractivity contribution < 1.29 is 9.90 Å². The second-order valence-electron chi connectivity index (χ2n) is 3.57. The van der Waals surface area contributed by atoms with Crippen molar-refractivity contribution in [1.82, 2.24) is 4.57 Å². The predicted octanol–water partition coefficient (Wildman–Crippen LogP) is 2.64. The average Bonchev–Trinajstić information content (AvgIpc) is 2.61. The molecule has 0 spiro atoms. The molecule has 1 saturated heterocycles. The average molecular weight is 369 g/mol. The first-order valence-electron chi connectivity index (χ1n) is 4.95. The molecule has 0 saturated carbocycles. The molecule has 0 aromatic carbocycles. The van der Waals surface area contributed by atoms with E-state index in [-0.39, 0.29) is 0 Å². The zero-order chi connectivity index (χ0) is 11.5. The van der Waals surface area contributed by atoms with Crippen molar-refractivity contribution >= 4 is 52.1 Å². The number of aromatic nitrogens is 1. The molecule has 88 valence electrons. The van der Waals surface area contributed by atoms with E-state index in [0.717, 1.165) is 15.9 Å². The highest BCUT2D eigenvalue weighted by molar-refractivity contribution is 14.1. The van der Waals surface area contributed by atoms with Crippen LogP contribution in [0.25, 0.3) is 0 Å². The van der Waals surface area contributed by atoms with Crippen LogP contribution in [0, 0.1) is 3.57 Å². The summed E-state index contributed by atoms with van der Waals surface area (Å²) in [6.07, 6.45) is 1.92. The summed E-state index contributed by atoms with van der Waals surface area (Å²) in [5, 5.41) is 9.61. The molecular formula is C10H12INO2S2. The number of thioether (sulfide) groups is 2. The van der Waals surface area contributed by atoms with Crippen LogP contribution in [0.4, 0.5) is 0 Å². The van der Waals surface area contributed by atoms with Gasteiger partial charge in [-0.3, -0.25) is 0 Å². The molecule has 16 heavy (non-hydrogen) atoms. The number of carboxylic acid groups (broad SMARTS) is 1. The lowest BCUT2D eigenvalue weighted by atomic mass is 10.4. The second-order valence-corrected chi connectivity index (χ2v) is 7.37. The summed E-state index contributed by atoms with van der Waals surface area (Å²) in [7, 11) is 0. The van der Waals surface area contributed by atoms with E-state index in [0.29, 0.717) is 10.9 Å². The Labute approximate surface area is 116 Å². The van der Waals surface area contributed by atoms with Crippen LogP contribution in [0.3, 0.4) is 0 Å². The van der Waals surface area contributed by atoms with E-state index in [1.54, 1.807) is 6.07 Å². The van der Waals surface area contributed by atoms with Gasteiger partial charge < -0.3 is 9.67 Å². The molecule has 1 aliphatic heterocycles. The number of hydrogen-bond acceptors (Lipinski definition) is 3. The first-order valence-corrected chi connectivity index (χ1v) is 8.23. The highest BCUT2D eigenvalue weighted by Crippen LogP contribution is 2.26. The molecule has 1 aromatic rings. The van der Waals surface area contributed by atoms with Gasteiger partial charge in [0.15, 0.2) is 0 Å². The Kier molecular flexibility index (Phi) is 4.48. The van der Waals surface area contributed by atoms with Crippen molar-refractivity contribution in [3.8, 4) is 0 Å². The highest BCUT2D eigenvalue weighted by Gasteiger charge is 2.18. The van der Waals surface area contributed by atoms with Crippen LogP contribution in [0.1, 0.15) is 10.5 Å². The van der Waals surface area contributed by atoms with Crippen LogP contribution < -0.4 is 0 Å². The molecule has 0 bridgehead atoms. The summed E-state index contributed by atoms with van der Waals surface area (Å²) in [5.74, 6) is 2.68. The maximum Gasteiger partial charge on any atom is 0.352 e. The van der Waals surface area contributed by atoms with Gasteiger partial charge in [0, 0.05) is 38.8 Å². The van der Waals surface area contributed by atoms with Gasteiger partial charge in [-0.15, -0.1) is 0 Å². The lowest BCUT2D eigenvalue weighted by molar-refractivity contribution is 0.0685. The van der Waals surface area contributed by atoms with Gasteiger partial charge in [0.05, 0.1) is 0 Å². The second kappa shape index (κ2) is 5.68. The molecule has 1 N–H and O–H groups in total. The van der Waals surface area contributed by atoms with Crippen molar-refractivity contribution in [1.29, 1.82) is 0 Å². The summed E-state index contributed by atoms with van der Waals surface area (Å²) >= 11 is 6.07. The Balaban J connectivity index is 2.10. The fourth-order valence-corrected chi connectivity index (χ4v) is 4.96. The number of carboxylic acids is 1. The fraction of sp³-hybridized carbons (Fsp3) is 0.500. The number of carbonyl (C=O) groups is 1. The van der Waals surface area contributed by atoms with Gasteiger partial charge in [-0.05, 0) is 28.7 Å². The van der Waals surface area contributed by atoms with Crippen molar-refractivity contribution in [3.05, 3.63) is 21.5 Å². The van der Waals surface area contributed by atoms with Crippen molar-refractivity contribution in [2.75, 3.05) is 17.3 Å². The number of nitrogens with zero attached hydrogens (tertiary/aromatic N) is 1. The number of hydrogen-bond donors (Lipinski definition) is 1. The van der Waals surface area contributed by atoms with Gasteiger partial charge in [-0.2, -0.15) is 23.5 Å². The van der Waals surface area contributed by atoms with Gasteiger partial charge in [0.25, 0.3) is 0 Å². The molecule has 2 heterocycles. The predicted molar refractivity (Wildman–Crippen MR) is 77.7 cm³/mol. The molecule has 0 aliphatic carbocycles. The molecule has 1 unspecified atom stereocenters. The SMILES string of the molecule is O=C(O)c1cc(I)cn1CC1CSCCS1. The summed E-state index contributed by atoms with van der Waals surface area (Å²) in [6.45, 7) is 0.808. The van der Waals surface area contributed by atoms with Crippen LogP contribution >= 0.6 is 46.1 Å². The molecule has 1 aromatic heterocycles. The van der Waals surface area contributed by atoms with E-state index < -0.39 is 5.97 Å². The minimum atomic E-state index is -0.837. The van der Waals surface area contributed by atoms with Crippen molar-refractivity contribution in [2.24, 2.45) is 0 Å². The summed E-state index contributed by atoms with van der Waals surface area (Å²) in [5.41, 5.74) is 0.403. The lowest BCUT2D eigenvalue weighted by Crippen LogP contribution is -2.22. The third-order valence-corrected chi connectivity index (χ3v) is 5.78. The Morgan fingerprint density at radius 2 is 2.44 bits per heavy atom. The standard InChI is InChI=1S/C10H12INO2S2/c11-7-3-9(10(13)14)12(4-7)5-8-6-15-1-2-16-8/h3-4,8H,1-2,5-6H2,(H,13,14). The van der Waals surface area contributed by atoms with Crippen LogP contribution in [0.5, 0.6) is 0 Å². The zero-order valence-corrected chi connectivity index (χ0v) is 12.3. The van der Waals surface area contributed by atoms with Crippen LogP contribution in [0.15, 0.2) is 12.3 Å².